The van der Waals surface area contributed by atoms with Gasteiger partial charge in [0.15, 0.2) is 16.7 Å². The number of hydrogen-bond donors (Lipinski definition) is 0. The fourth-order valence-electron chi connectivity index (χ4n) is 3.68. The van der Waals surface area contributed by atoms with Crippen molar-refractivity contribution < 1.29 is 23.5 Å². The van der Waals surface area contributed by atoms with E-state index in [-0.39, 0.29) is 29.9 Å². The maximum absolute atomic E-state index is 13.8. The van der Waals surface area contributed by atoms with Gasteiger partial charge in [-0.3, -0.25) is 14.5 Å². The molecule has 2 aromatic carbocycles. The van der Waals surface area contributed by atoms with Gasteiger partial charge >= 0.3 is 5.97 Å². The molecule has 0 atom stereocenters. The molecule has 0 bridgehead atoms. The van der Waals surface area contributed by atoms with Gasteiger partial charge in [0.2, 0.25) is 0 Å². The number of esters is 1. The monoisotopic (exact) mass is 467 g/mol. The number of rotatable bonds is 7. The highest BCUT2D eigenvalue weighted by Crippen LogP contribution is 2.28. The molecule has 2 heterocycles. The summed E-state index contributed by atoms with van der Waals surface area (Å²) in [6.07, 6.45) is 3.62. The van der Waals surface area contributed by atoms with Crippen LogP contribution < -0.4 is 4.74 Å². The van der Waals surface area contributed by atoms with Crippen molar-refractivity contribution in [3.63, 3.8) is 0 Å². The standard InChI is InChI=1S/C24H22FN3O4S/c1-26-23(30)20(28(24(26)33)15-22(29)31-2)13-16-14-27(19-9-5-3-7-17(16)19)11-12-32-21-10-6-4-8-18(21)25/h3-10,13-14H,11-12,15H2,1-2H3/b20-13-. The smallest absolute Gasteiger partial charge is 0.325 e. The van der Waals surface area contributed by atoms with E-state index in [1.807, 2.05) is 35.0 Å². The average molecular weight is 468 g/mol. The number of amides is 1. The number of benzene rings is 2. The van der Waals surface area contributed by atoms with Crippen LogP contribution in [0.1, 0.15) is 5.56 Å². The van der Waals surface area contributed by atoms with Crippen LogP contribution in [0.25, 0.3) is 17.0 Å². The number of likely N-dealkylation sites (N-methyl/N-ethyl adjacent to an activating group) is 1. The van der Waals surface area contributed by atoms with E-state index < -0.39 is 11.8 Å². The van der Waals surface area contributed by atoms with E-state index in [0.717, 1.165) is 16.5 Å². The van der Waals surface area contributed by atoms with Crippen molar-refractivity contribution in [1.82, 2.24) is 14.4 Å². The second-order valence-corrected chi connectivity index (χ2v) is 7.78. The van der Waals surface area contributed by atoms with Gasteiger partial charge in [-0.25, -0.2) is 4.39 Å². The number of thiocarbonyl (C=S) groups is 1. The molecular weight excluding hydrogens is 445 g/mol. The number of fused-ring (bicyclic) bond motifs is 1. The summed E-state index contributed by atoms with van der Waals surface area (Å²) >= 11 is 5.35. The number of nitrogens with zero attached hydrogens (tertiary/aromatic N) is 3. The van der Waals surface area contributed by atoms with Crippen LogP contribution in [0.15, 0.2) is 60.4 Å². The zero-order chi connectivity index (χ0) is 23.5. The molecule has 1 aliphatic rings. The molecule has 0 spiro atoms. The molecule has 7 nitrogen and oxygen atoms in total. The van der Waals surface area contributed by atoms with Crippen molar-refractivity contribution in [2.24, 2.45) is 0 Å². The second kappa shape index (κ2) is 9.41. The quantitative estimate of drug-likeness (QED) is 0.301. The van der Waals surface area contributed by atoms with E-state index >= 15 is 0 Å². The van der Waals surface area contributed by atoms with E-state index in [4.69, 9.17) is 21.7 Å². The molecule has 1 saturated heterocycles. The van der Waals surface area contributed by atoms with Gasteiger partial charge in [0.25, 0.3) is 5.91 Å². The summed E-state index contributed by atoms with van der Waals surface area (Å²) in [7, 11) is 2.85. The summed E-state index contributed by atoms with van der Waals surface area (Å²) in [5, 5.41) is 1.15. The summed E-state index contributed by atoms with van der Waals surface area (Å²) < 4.78 is 26.2. The number of halogens is 1. The highest BCUT2D eigenvalue weighted by molar-refractivity contribution is 7.80. The van der Waals surface area contributed by atoms with Crippen LogP contribution >= 0.6 is 12.2 Å². The van der Waals surface area contributed by atoms with Gasteiger partial charge in [0, 0.05) is 29.7 Å². The van der Waals surface area contributed by atoms with Crippen LogP contribution in [0, 0.1) is 5.82 Å². The summed E-state index contributed by atoms with van der Waals surface area (Å²) in [4.78, 5) is 27.5. The normalized spacial score (nSPS) is 15.1. The molecule has 4 rings (SSSR count). The number of para-hydroxylation sites is 2. The Hall–Kier alpha value is -3.72. The number of aromatic nitrogens is 1. The molecule has 0 saturated carbocycles. The van der Waals surface area contributed by atoms with Gasteiger partial charge in [-0.05, 0) is 36.5 Å². The minimum Gasteiger partial charge on any atom is -0.489 e. The van der Waals surface area contributed by atoms with Gasteiger partial charge in [0.1, 0.15) is 18.8 Å². The number of carbonyl (C=O) groups excluding carboxylic acids is 2. The topological polar surface area (TPSA) is 64.0 Å². The lowest BCUT2D eigenvalue weighted by Crippen LogP contribution is -2.33. The van der Waals surface area contributed by atoms with E-state index in [2.05, 4.69) is 0 Å². The predicted molar refractivity (Wildman–Crippen MR) is 126 cm³/mol. The zero-order valence-electron chi connectivity index (χ0n) is 18.2. The minimum absolute atomic E-state index is 0.160. The van der Waals surface area contributed by atoms with Crippen molar-refractivity contribution in [2.75, 3.05) is 27.3 Å². The lowest BCUT2D eigenvalue weighted by atomic mass is 10.1. The van der Waals surface area contributed by atoms with Crippen LogP contribution in [0.2, 0.25) is 0 Å². The molecule has 1 aliphatic heterocycles. The first-order valence-corrected chi connectivity index (χ1v) is 10.6. The van der Waals surface area contributed by atoms with E-state index in [0.29, 0.717) is 12.2 Å². The summed E-state index contributed by atoms with van der Waals surface area (Å²) in [6, 6.07) is 14.0. The van der Waals surface area contributed by atoms with Crippen molar-refractivity contribution in [3.05, 3.63) is 71.8 Å². The van der Waals surface area contributed by atoms with Crippen molar-refractivity contribution >= 4 is 46.2 Å². The molecular formula is C24H22FN3O4S. The molecule has 1 aromatic heterocycles. The number of ether oxygens (including phenoxy) is 2. The Balaban J connectivity index is 1.64. The average Bonchev–Trinajstić information content (AvgIpc) is 3.26. The lowest BCUT2D eigenvalue weighted by Gasteiger charge is -2.16. The Morgan fingerprint density at radius 2 is 1.88 bits per heavy atom. The van der Waals surface area contributed by atoms with Gasteiger partial charge < -0.3 is 18.9 Å². The van der Waals surface area contributed by atoms with E-state index in [1.54, 1.807) is 31.3 Å². The Labute approximate surface area is 195 Å². The first kappa shape index (κ1) is 22.5. The molecule has 1 fully saturated rings. The van der Waals surface area contributed by atoms with Crippen LogP contribution in [-0.4, -0.2) is 58.7 Å². The maximum atomic E-state index is 13.8. The molecule has 0 aliphatic carbocycles. The largest absolute Gasteiger partial charge is 0.489 e. The first-order valence-electron chi connectivity index (χ1n) is 10.2. The summed E-state index contributed by atoms with van der Waals surface area (Å²) in [5.74, 6) is -1.02. The highest BCUT2D eigenvalue weighted by Gasteiger charge is 2.37. The molecule has 9 heteroatoms. The fraction of sp³-hybridized carbons (Fsp3) is 0.208. The Bertz CT molecular complexity index is 1270. The molecule has 0 N–H and O–H groups in total. The molecule has 33 heavy (non-hydrogen) atoms. The summed E-state index contributed by atoms with van der Waals surface area (Å²) in [5.41, 5.74) is 2.01. The van der Waals surface area contributed by atoms with E-state index in [9.17, 15) is 14.0 Å². The van der Waals surface area contributed by atoms with E-state index in [1.165, 1.54) is 23.0 Å². The zero-order valence-corrected chi connectivity index (χ0v) is 19.0. The van der Waals surface area contributed by atoms with Crippen LogP contribution in [0.3, 0.4) is 0 Å². The Morgan fingerprint density at radius 1 is 1.15 bits per heavy atom. The Kier molecular flexibility index (Phi) is 6.41. The summed E-state index contributed by atoms with van der Waals surface area (Å²) in [6.45, 7) is 0.568. The highest BCUT2D eigenvalue weighted by atomic mass is 32.1. The number of methoxy groups -OCH3 is 1. The van der Waals surface area contributed by atoms with Gasteiger partial charge in [-0.2, -0.15) is 0 Å². The lowest BCUT2D eigenvalue weighted by molar-refractivity contribution is -0.140. The van der Waals surface area contributed by atoms with Crippen LogP contribution in [0.4, 0.5) is 4.39 Å². The molecule has 0 radical (unpaired) electrons. The van der Waals surface area contributed by atoms with Crippen molar-refractivity contribution in [2.45, 2.75) is 6.54 Å². The SMILES string of the molecule is COC(=O)CN1C(=S)N(C)C(=O)/C1=C/c1cn(CCOc2ccccc2F)c2ccccc12. The third-order valence-electron chi connectivity index (χ3n) is 5.39. The first-order chi connectivity index (χ1) is 15.9. The fourth-order valence-corrected chi connectivity index (χ4v) is 3.93. The number of carbonyl (C=O) groups is 2. The van der Waals surface area contributed by atoms with Gasteiger partial charge in [0.05, 0.1) is 13.7 Å². The molecule has 0 unspecified atom stereocenters. The van der Waals surface area contributed by atoms with Gasteiger partial charge in [-0.1, -0.05) is 30.3 Å². The van der Waals surface area contributed by atoms with Crippen LogP contribution in [-0.2, 0) is 20.9 Å². The molecule has 170 valence electrons. The van der Waals surface area contributed by atoms with Crippen molar-refractivity contribution in [3.8, 4) is 5.75 Å². The second-order valence-electron chi connectivity index (χ2n) is 7.41. The minimum atomic E-state index is -0.501. The molecule has 1 amide bonds. The maximum Gasteiger partial charge on any atom is 0.325 e. The Morgan fingerprint density at radius 3 is 2.64 bits per heavy atom. The van der Waals surface area contributed by atoms with Crippen LogP contribution in [0.5, 0.6) is 5.75 Å². The third-order valence-corrected chi connectivity index (χ3v) is 5.88. The third kappa shape index (κ3) is 4.45. The predicted octanol–water partition coefficient (Wildman–Crippen LogP) is 3.43. The number of hydrogen-bond acceptors (Lipinski definition) is 5. The molecule has 3 aromatic rings. The van der Waals surface area contributed by atoms with Gasteiger partial charge in [-0.15, -0.1) is 0 Å². The van der Waals surface area contributed by atoms with Crippen molar-refractivity contribution in [1.29, 1.82) is 0 Å².